The minimum Gasteiger partial charge on any atom is -0.454 e. The molecule has 2 N–H and O–H groups in total. The SMILES string of the molecule is C[C@@H](N)c1ccc(Oc2cc(Br)ccc2F)cc1. The predicted octanol–water partition coefficient (Wildman–Crippen LogP) is 4.40. The smallest absolute Gasteiger partial charge is 0.165 e. The van der Waals surface area contributed by atoms with E-state index in [0.717, 1.165) is 10.0 Å². The fourth-order valence-electron chi connectivity index (χ4n) is 1.52. The van der Waals surface area contributed by atoms with E-state index in [2.05, 4.69) is 15.9 Å². The van der Waals surface area contributed by atoms with Crippen molar-refractivity contribution in [2.75, 3.05) is 0 Å². The average Bonchev–Trinajstić information content (AvgIpc) is 2.34. The van der Waals surface area contributed by atoms with E-state index in [-0.39, 0.29) is 11.8 Å². The van der Waals surface area contributed by atoms with Crippen molar-refractivity contribution in [3.63, 3.8) is 0 Å². The number of hydrogen-bond donors (Lipinski definition) is 1. The summed E-state index contributed by atoms with van der Waals surface area (Å²) >= 11 is 3.28. The molecule has 18 heavy (non-hydrogen) atoms. The molecule has 0 amide bonds. The van der Waals surface area contributed by atoms with Gasteiger partial charge in [0.1, 0.15) is 5.75 Å². The first-order valence-corrected chi connectivity index (χ1v) is 6.34. The summed E-state index contributed by atoms with van der Waals surface area (Å²) in [7, 11) is 0. The highest BCUT2D eigenvalue weighted by Crippen LogP contribution is 2.28. The predicted molar refractivity (Wildman–Crippen MR) is 73.2 cm³/mol. The number of benzene rings is 2. The maximum Gasteiger partial charge on any atom is 0.165 e. The van der Waals surface area contributed by atoms with Crippen molar-refractivity contribution in [1.82, 2.24) is 0 Å². The van der Waals surface area contributed by atoms with E-state index < -0.39 is 5.82 Å². The highest BCUT2D eigenvalue weighted by Gasteiger charge is 2.06. The normalized spacial score (nSPS) is 12.2. The van der Waals surface area contributed by atoms with Gasteiger partial charge in [-0.05, 0) is 42.8 Å². The second kappa shape index (κ2) is 5.50. The van der Waals surface area contributed by atoms with Crippen LogP contribution >= 0.6 is 15.9 Å². The Balaban J connectivity index is 2.21. The van der Waals surface area contributed by atoms with Gasteiger partial charge in [-0.15, -0.1) is 0 Å². The van der Waals surface area contributed by atoms with E-state index in [9.17, 15) is 4.39 Å². The maximum absolute atomic E-state index is 13.5. The molecular weight excluding hydrogens is 297 g/mol. The first kappa shape index (κ1) is 13.1. The van der Waals surface area contributed by atoms with E-state index in [4.69, 9.17) is 10.5 Å². The van der Waals surface area contributed by atoms with Gasteiger partial charge in [-0.1, -0.05) is 28.1 Å². The van der Waals surface area contributed by atoms with Crippen molar-refractivity contribution in [3.05, 3.63) is 58.3 Å². The lowest BCUT2D eigenvalue weighted by atomic mass is 10.1. The van der Waals surface area contributed by atoms with Crippen molar-refractivity contribution in [2.45, 2.75) is 13.0 Å². The van der Waals surface area contributed by atoms with Gasteiger partial charge in [-0.3, -0.25) is 0 Å². The van der Waals surface area contributed by atoms with Gasteiger partial charge >= 0.3 is 0 Å². The minimum atomic E-state index is -0.394. The van der Waals surface area contributed by atoms with Crippen LogP contribution in [0.5, 0.6) is 11.5 Å². The third-order valence-corrected chi connectivity index (χ3v) is 3.02. The quantitative estimate of drug-likeness (QED) is 0.912. The van der Waals surface area contributed by atoms with E-state index in [1.54, 1.807) is 24.3 Å². The number of halogens is 2. The van der Waals surface area contributed by atoms with Crippen LogP contribution in [0.25, 0.3) is 0 Å². The van der Waals surface area contributed by atoms with Gasteiger partial charge < -0.3 is 10.5 Å². The van der Waals surface area contributed by atoms with Crippen molar-refractivity contribution >= 4 is 15.9 Å². The van der Waals surface area contributed by atoms with Crippen molar-refractivity contribution < 1.29 is 9.13 Å². The molecule has 0 aliphatic heterocycles. The van der Waals surface area contributed by atoms with E-state index in [1.807, 2.05) is 19.1 Å². The number of hydrogen-bond acceptors (Lipinski definition) is 2. The Bertz CT molecular complexity index is 540. The van der Waals surface area contributed by atoms with E-state index in [0.29, 0.717) is 5.75 Å². The van der Waals surface area contributed by atoms with Crippen LogP contribution in [-0.4, -0.2) is 0 Å². The summed E-state index contributed by atoms with van der Waals surface area (Å²) in [6.07, 6.45) is 0. The van der Waals surface area contributed by atoms with Gasteiger partial charge in [0.2, 0.25) is 0 Å². The molecule has 0 spiro atoms. The van der Waals surface area contributed by atoms with Crippen LogP contribution in [0.1, 0.15) is 18.5 Å². The highest BCUT2D eigenvalue weighted by molar-refractivity contribution is 9.10. The third-order valence-electron chi connectivity index (χ3n) is 2.53. The number of nitrogens with two attached hydrogens (primary N) is 1. The molecule has 94 valence electrons. The first-order valence-electron chi connectivity index (χ1n) is 5.54. The summed E-state index contributed by atoms with van der Waals surface area (Å²) in [6.45, 7) is 1.91. The van der Waals surface area contributed by atoms with Gasteiger partial charge in [0, 0.05) is 10.5 Å². The maximum atomic E-state index is 13.5. The lowest BCUT2D eigenvalue weighted by Gasteiger charge is -2.09. The molecular formula is C14H13BrFNO. The van der Waals surface area contributed by atoms with Crippen molar-refractivity contribution in [1.29, 1.82) is 0 Å². The lowest BCUT2D eigenvalue weighted by molar-refractivity contribution is 0.441. The van der Waals surface area contributed by atoms with Crippen LogP contribution in [0.3, 0.4) is 0 Å². The van der Waals surface area contributed by atoms with Gasteiger partial charge in [-0.25, -0.2) is 4.39 Å². The van der Waals surface area contributed by atoms with Crippen LogP contribution in [0.4, 0.5) is 4.39 Å². The molecule has 0 unspecified atom stereocenters. The molecule has 0 aromatic heterocycles. The fraction of sp³-hybridized carbons (Fsp3) is 0.143. The monoisotopic (exact) mass is 309 g/mol. The molecule has 2 aromatic rings. The first-order chi connectivity index (χ1) is 8.56. The largest absolute Gasteiger partial charge is 0.454 e. The minimum absolute atomic E-state index is 0.0262. The zero-order valence-electron chi connectivity index (χ0n) is 9.86. The molecule has 0 bridgehead atoms. The van der Waals surface area contributed by atoms with Crippen LogP contribution < -0.4 is 10.5 Å². The zero-order chi connectivity index (χ0) is 13.1. The second-order valence-electron chi connectivity index (χ2n) is 4.03. The summed E-state index contributed by atoms with van der Waals surface area (Å²) in [5, 5.41) is 0. The van der Waals surface area contributed by atoms with Crippen molar-refractivity contribution in [2.24, 2.45) is 5.73 Å². The number of rotatable bonds is 3. The molecule has 2 nitrogen and oxygen atoms in total. The Morgan fingerprint density at radius 2 is 1.83 bits per heavy atom. The van der Waals surface area contributed by atoms with Gasteiger partial charge in [-0.2, -0.15) is 0 Å². The Morgan fingerprint density at radius 1 is 1.17 bits per heavy atom. The molecule has 0 fully saturated rings. The summed E-state index contributed by atoms with van der Waals surface area (Å²) in [5.74, 6) is 0.379. The topological polar surface area (TPSA) is 35.2 Å². The van der Waals surface area contributed by atoms with E-state index >= 15 is 0 Å². The van der Waals surface area contributed by atoms with Crippen molar-refractivity contribution in [3.8, 4) is 11.5 Å². The Hall–Kier alpha value is -1.39. The van der Waals surface area contributed by atoms with Crippen LogP contribution in [-0.2, 0) is 0 Å². The molecule has 2 aromatic carbocycles. The standard InChI is InChI=1S/C14H13BrFNO/c1-9(17)10-2-5-12(6-3-10)18-14-8-11(15)4-7-13(14)16/h2-9H,17H2,1H3/t9-/m1/s1. The molecule has 0 saturated heterocycles. The van der Waals surface area contributed by atoms with Crippen LogP contribution in [0.15, 0.2) is 46.9 Å². The Morgan fingerprint density at radius 3 is 2.44 bits per heavy atom. The summed E-state index contributed by atoms with van der Waals surface area (Å²) < 4.78 is 19.7. The number of ether oxygens (including phenoxy) is 1. The highest BCUT2D eigenvalue weighted by atomic mass is 79.9. The van der Waals surface area contributed by atoms with Gasteiger partial charge in [0.05, 0.1) is 0 Å². The third kappa shape index (κ3) is 3.09. The molecule has 1 atom stereocenters. The zero-order valence-corrected chi connectivity index (χ0v) is 11.4. The molecule has 0 heterocycles. The Labute approximate surface area is 114 Å². The van der Waals surface area contributed by atoms with Crippen LogP contribution in [0.2, 0.25) is 0 Å². The Kier molecular flexibility index (Phi) is 3.99. The summed E-state index contributed by atoms with van der Waals surface area (Å²) in [6, 6.07) is 11.8. The summed E-state index contributed by atoms with van der Waals surface area (Å²) in [4.78, 5) is 0. The second-order valence-corrected chi connectivity index (χ2v) is 4.95. The fourth-order valence-corrected chi connectivity index (χ4v) is 1.86. The molecule has 0 radical (unpaired) electrons. The lowest BCUT2D eigenvalue weighted by Crippen LogP contribution is -2.04. The molecule has 2 rings (SSSR count). The van der Waals surface area contributed by atoms with E-state index in [1.165, 1.54) is 6.07 Å². The average molecular weight is 310 g/mol. The molecule has 4 heteroatoms. The molecule has 0 aliphatic carbocycles. The van der Waals surface area contributed by atoms with Crippen LogP contribution in [0, 0.1) is 5.82 Å². The molecule has 0 saturated carbocycles. The van der Waals surface area contributed by atoms with Gasteiger partial charge in [0.25, 0.3) is 0 Å². The van der Waals surface area contributed by atoms with Gasteiger partial charge in [0.15, 0.2) is 11.6 Å². The summed E-state index contributed by atoms with van der Waals surface area (Å²) in [5.41, 5.74) is 6.76. The molecule has 0 aliphatic rings.